The Morgan fingerprint density at radius 3 is 2.71 bits per heavy atom. The maximum atomic E-state index is 13.2. The van der Waals surface area contributed by atoms with Crippen molar-refractivity contribution in [3.05, 3.63) is 58.9 Å². The van der Waals surface area contributed by atoms with Crippen molar-refractivity contribution >= 4 is 39.2 Å². The first-order valence-corrected chi connectivity index (χ1v) is 10.8. The van der Waals surface area contributed by atoms with Crippen molar-refractivity contribution in [2.24, 2.45) is 0 Å². The van der Waals surface area contributed by atoms with Crippen LogP contribution >= 0.6 is 23.1 Å². The van der Waals surface area contributed by atoms with Crippen LogP contribution in [-0.2, 0) is 11.3 Å². The minimum Gasteiger partial charge on any atom is -0.353 e. The molecule has 7 heteroatoms. The van der Waals surface area contributed by atoms with Crippen LogP contribution in [0.2, 0.25) is 0 Å². The number of aromatic nitrogens is 2. The number of aryl methyl sites for hydroxylation is 1. The molecule has 0 atom stereocenters. The van der Waals surface area contributed by atoms with Crippen molar-refractivity contribution in [1.82, 2.24) is 14.9 Å². The van der Waals surface area contributed by atoms with E-state index in [0.29, 0.717) is 21.9 Å². The van der Waals surface area contributed by atoms with Gasteiger partial charge in [-0.25, -0.2) is 4.98 Å². The van der Waals surface area contributed by atoms with Crippen molar-refractivity contribution < 1.29 is 4.79 Å². The molecule has 3 aromatic rings. The fourth-order valence-corrected chi connectivity index (χ4v) is 5.00. The third-order valence-corrected chi connectivity index (χ3v) is 6.36. The molecular weight excluding hydrogens is 390 g/mol. The lowest BCUT2D eigenvalue weighted by Crippen LogP contribution is -2.32. The molecule has 5 nitrogen and oxygen atoms in total. The smallest absolute Gasteiger partial charge is 0.263 e. The van der Waals surface area contributed by atoms with Gasteiger partial charge in [0, 0.05) is 17.5 Å². The lowest BCUT2D eigenvalue weighted by atomic mass is 10.1. The molecule has 0 bridgehead atoms. The van der Waals surface area contributed by atoms with E-state index in [9.17, 15) is 9.59 Å². The van der Waals surface area contributed by atoms with Gasteiger partial charge in [-0.05, 0) is 31.9 Å². The Morgan fingerprint density at radius 1 is 1.36 bits per heavy atom. The van der Waals surface area contributed by atoms with E-state index in [-0.39, 0.29) is 23.3 Å². The van der Waals surface area contributed by atoms with Gasteiger partial charge >= 0.3 is 0 Å². The first-order valence-electron chi connectivity index (χ1n) is 9.04. The van der Waals surface area contributed by atoms with Crippen LogP contribution in [0.5, 0.6) is 0 Å². The van der Waals surface area contributed by atoms with Gasteiger partial charge in [0.05, 0.1) is 11.1 Å². The summed E-state index contributed by atoms with van der Waals surface area (Å²) < 4.78 is 1.59. The lowest BCUT2D eigenvalue weighted by Gasteiger charge is -2.11. The molecule has 2 aromatic heterocycles. The molecule has 0 unspecified atom stereocenters. The molecule has 1 amide bonds. The maximum Gasteiger partial charge on any atom is 0.263 e. The average molecular weight is 414 g/mol. The van der Waals surface area contributed by atoms with E-state index in [0.717, 1.165) is 16.0 Å². The van der Waals surface area contributed by atoms with Gasteiger partial charge in [-0.15, -0.1) is 17.9 Å². The van der Waals surface area contributed by atoms with Crippen LogP contribution in [0, 0.1) is 6.92 Å². The molecule has 3 rings (SSSR count). The summed E-state index contributed by atoms with van der Waals surface area (Å²) >= 11 is 2.79. The average Bonchev–Trinajstić information content (AvgIpc) is 2.99. The molecule has 1 aromatic carbocycles. The van der Waals surface area contributed by atoms with E-state index < -0.39 is 0 Å². The molecule has 0 aliphatic rings. The van der Waals surface area contributed by atoms with E-state index in [1.54, 1.807) is 10.6 Å². The van der Waals surface area contributed by atoms with Crippen LogP contribution in [0.1, 0.15) is 19.4 Å². The van der Waals surface area contributed by atoms with E-state index in [1.165, 1.54) is 23.1 Å². The molecular formula is C21H23N3O2S2. The summed E-state index contributed by atoms with van der Waals surface area (Å²) in [6.07, 6.45) is 1.67. The highest BCUT2D eigenvalue weighted by Crippen LogP contribution is 2.36. The topological polar surface area (TPSA) is 64.0 Å². The number of hydrogen-bond acceptors (Lipinski definition) is 5. The van der Waals surface area contributed by atoms with Gasteiger partial charge in [-0.2, -0.15) is 0 Å². The molecule has 0 radical (unpaired) electrons. The second-order valence-corrected chi connectivity index (χ2v) is 8.65. The number of fused-ring (bicyclic) bond motifs is 1. The second-order valence-electron chi connectivity index (χ2n) is 6.71. The quantitative estimate of drug-likeness (QED) is 0.358. The summed E-state index contributed by atoms with van der Waals surface area (Å²) in [7, 11) is 0. The Kier molecular flexibility index (Phi) is 6.36. The predicted octanol–water partition coefficient (Wildman–Crippen LogP) is 4.24. The normalized spacial score (nSPS) is 11.1. The van der Waals surface area contributed by atoms with E-state index >= 15 is 0 Å². The van der Waals surface area contributed by atoms with E-state index in [2.05, 4.69) is 11.9 Å². The van der Waals surface area contributed by atoms with Crippen molar-refractivity contribution in [2.45, 2.75) is 38.5 Å². The first kappa shape index (κ1) is 20.4. The molecule has 0 saturated heterocycles. The van der Waals surface area contributed by atoms with Gasteiger partial charge in [-0.1, -0.05) is 48.2 Å². The number of nitrogens with zero attached hydrogens (tertiary/aromatic N) is 2. The van der Waals surface area contributed by atoms with Crippen LogP contribution in [0.4, 0.5) is 0 Å². The summed E-state index contributed by atoms with van der Waals surface area (Å²) in [5.41, 5.74) is 1.92. The van der Waals surface area contributed by atoms with Gasteiger partial charge in [-0.3, -0.25) is 14.2 Å². The third-order valence-electron chi connectivity index (χ3n) is 4.14. The number of amides is 1. The van der Waals surface area contributed by atoms with E-state index in [1.807, 2.05) is 51.1 Å². The van der Waals surface area contributed by atoms with Crippen LogP contribution in [0.15, 0.2) is 52.9 Å². The molecule has 0 aliphatic carbocycles. The van der Waals surface area contributed by atoms with Crippen LogP contribution in [-0.4, -0.2) is 27.3 Å². The highest BCUT2D eigenvalue weighted by Gasteiger charge is 2.19. The molecule has 146 valence electrons. The predicted molar refractivity (Wildman–Crippen MR) is 118 cm³/mol. The summed E-state index contributed by atoms with van der Waals surface area (Å²) in [5, 5.41) is 4.04. The Balaban J connectivity index is 2.07. The van der Waals surface area contributed by atoms with Gasteiger partial charge in [0.25, 0.3) is 5.56 Å². The lowest BCUT2D eigenvalue weighted by molar-refractivity contribution is -0.119. The van der Waals surface area contributed by atoms with Crippen LogP contribution < -0.4 is 10.9 Å². The second kappa shape index (κ2) is 8.75. The molecule has 28 heavy (non-hydrogen) atoms. The summed E-state index contributed by atoms with van der Waals surface area (Å²) in [6.45, 7) is 9.90. The fourth-order valence-electron chi connectivity index (χ4n) is 2.96. The van der Waals surface area contributed by atoms with Gasteiger partial charge in [0.1, 0.15) is 4.83 Å². The molecule has 1 N–H and O–H groups in total. The van der Waals surface area contributed by atoms with Crippen LogP contribution in [0.25, 0.3) is 20.7 Å². The number of nitrogens with one attached hydrogen (secondary N) is 1. The monoisotopic (exact) mass is 413 g/mol. The Morgan fingerprint density at radius 2 is 2.07 bits per heavy atom. The SMILES string of the molecule is C=CCn1c(SCC(=O)NC(C)C)nc2sc(-c3ccccc3)c(C)c2c1=O. The summed E-state index contributed by atoms with van der Waals surface area (Å²) in [5.74, 6) is 0.134. The zero-order valence-electron chi connectivity index (χ0n) is 16.2. The van der Waals surface area contributed by atoms with Gasteiger partial charge < -0.3 is 5.32 Å². The Hall–Kier alpha value is -2.38. The number of thioether (sulfide) groups is 1. The molecule has 0 spiro atoms. The molecule has 2 heterocycles. The highest BCUT2D eigenvalue weighted by molar-refractivity contribution is 7.99. The standard InChI is InChI=1S/C21H23N3O2S2/c1-5-11-24-20(26)17-14(4)18(15-9-7-6-8-10-15)28-19(17)23-21(24)27-12-16(25)22-13(2)3/h5-10,13H,1,11-12H2,2-4H3,(H,22,25). The number of benzene rings is 1. The number of rotatable bonds is 7. The van der Waals surface area contributed by atoms with Gasteiger partial charge in [0.2, 0.25) is 5.91 Å². The zero-order valence-corrected chi connectivity index (χ0v) is 17.8. The largest absolute Gasteiger partial charge is 0.353 e. The molecule has 0 aliphatic heterocycles. The number of carbonyl (C=O) groups is 1. The minimum absolute atomic E-state index is 0.0762. The van der Waals surface area contributed by atoms with Crippen molar-refractivity contribution in [3.63, 3.8) is 0 Å². The Labute approximate surface area is 172 Å². The summed E-state index contributed by atoms with van der Waals surface area (Å²) in [4.78, 5) is 31.7. The molecule has 0 saturated carbocycles. The first-order chi connectivity index (χ1) is 13.4. The third kappa shape index (κ3) is 4.20. The van der Waals surface area contributed by atoms with Crippen LogP contribution in [0.3, 0.4) is 0 Å². The fraction of sp³-hybridized carbons (Fsp3) is 0.286. The van der Waals surface area contributed by atoms with Crippen molar-refractivity contribution in [2.75, 3.05) is 5.75 Å². The summed E-state index contributed by atoms with van der Waals surface area (Å²) in [6, 6.07) is 10.1. The number of carbonyl (C=O) groups excluding carboxylic acids is 1. The highest BCUT2D eigenvalue weighted by atomic mass is 32.2. The number of thiophene rings is 1. The maximum absolute atomic E-state index is 13.2. The Bertz CT molecular complexity index is 1070. The zero-order chi connectivity index (χ0) is 20.3. The molecule has 0 fully saturated rings. The number of hydrogen-bond donors (Lipinski definition) is 1. The van der Waals surface area contributed by atoms with Crippen molar-refractivity contribution in [3.8, 4) is 10.4 Å². The van der Waals surface area contributed by atoms with E-state index in [4.69, 9.17) is 4.98 Å². The number of allylic oxidation sites excluding steroid dienone is 1. The van der Waals surface area contributed by atoms with Gasteiger partial charge in [0.15, 0.2) is 5.16 Å². The minimum atomic E-state index is -0.0902. The van der Waals surface area contributed by atoms with Crippen molar-refractivity contribution in [1.29, 1.82) is 0 Å².